The number of nitrogens with one attached hydrogen (secondary N) is 1. The van der Waals surface area contributed by atoms with Crippen molar-refractivity contribution < 1.29 is 62.3 Å². The van der Waals surface area contributed by atoms with Gasteiger partial charge in [0.2, 0.25) is 5.91 Å². The fourth-order valence-electron chi connectivity index (χ4n) is 3.72. The van der Waals surface area contributed by atoms with Crippen molar-refractivity contribution in [3.8, 4) is 11.1 Å². The van der Waals surface area contributed by atoms with Crippen molar-refractivity contribution in [1.29, 1.82) is 0 Å². The number of benzene rings is 2. The van der Waals surface area contributed by atoms with E-state index in [2.05, 4.69) is 5.32 Å². The summed E-state index contributed by atoms with van der Waals surface area (Å²) >= 11 is 0. The maximum atomic E-state index is 13.6. The predicted molar refractivity (Wildman–Crippen MR) is 124 cm³/mol. The first kappa shape index (κ1) is 33.0. The van der Waals surface area contributed by atoms with E-state index in [0.29, 0.717) is 12.1 Å². The van der Waals surface area contributed by atoms with E-state index in [-0.39, 0.29) is 49.6 Å². The van der Waals surface area contributed by atoms with Gasteiger partial charge in [-0.3, -0.25) is 10.1 Å². The molecule has 7 nitrogen and oxygen atoms in total. The summed E-state index contributed by atoms with van der Waals surface area (Å²) < 4.78 is 0. The van der Waals surface area contributed by atoms with E-state index in [1.165, 1.54) is 6.92 Å². The largest absolute Gasteiger partial charge is 1.00 e. The Labute approximate surface area is 232 Å². The summed E-state index contributed by atoms with van der Waals surface area (Å²) in [5, 5.41) is 26.3. The van der Waals surface area contributed by atoms with E-state index < -0.39 is 36.0 Å². The molecule has 0 spiro atoms. The van der Waals surface area contributed by atoms with Crippen LogP contribution < -0.4 is 58.2 Å². The van der Waals surface area contributed by atoms with Crippen molar-refractivity contribution in [3.63, 3.8) is 0 Å². The molecule has 0 saturated heterocycles. The minimum Gasteiger partial charge on any atom is -0.548 e. The van der Waals surface area contributed by atoms with Crippen LogP contribution in [0.4, 0.5) is 5.69 Å². The van der Waals surface area contributed by atoms with Gasteiger partial charge in [0.15, 0.2) is 0 Å². The van der Waals surface area contributed by atoms with Gasteiger partial charge in [0.25, 0.3) is 0 Å². The Hall–Kier alpha value is -2.00. The molecule has 0 aliphatic carbocycles. The number of amides is 1. The summed E-state index contributed by atoms with van der Waals surface area (Å²) in [7, 11) is 0. The molecule has 2 aromatic carbocycles. The van der Waals surface area contributed by atoms with E-state index in [1.54, 1.807) is 26.0 Å². The van der Waals surface area contributed by atoms with E-state index in [1.807, 2.05) is 56.3 Å². The summed E-state index contributed by atoms with van der Waals surface area (Å²) in [5.74, 6) is -3.51. The molecule has 3 atom stereocenters. The molecular formula is C26H32Li2N2O5. The quantitative estimate of drug-likeness (QED) is 0.335. The number of carboxylic acid groups (broad SMARTS) is 2. The standard InChI is InChI=1S/C26H34N2O5.2Li/c1-16(2)15-22(27-23(17(3)4)26(32)33)24(29)28(18(5)25(30)31)21-13-11-20(12-14-21)19-9-7-6-8-10-19;;/h6-14,16-18,22-23,27H,15H2,1-5H3,(H,30,31)(H,32,33);;/q;2*+1/p-2/t18-,22-,23-;;/m0../s1. The van der Waals surface area contributed by atoms with Crippen molar-refractivity contribution in [3.05, 3.63) is 54.6 Å². The SMILES string of the molecule is CC(C)C[C@H](N[C@H](C(=O)[O-])C(C)C)C(=O)N(c1ccc(-c2ccccc2)cc1)[C@@H](C)C(=O)[O-].[Li+].[Li+]. The van der Waals surface area contributed by atoms with E-state index in [4.69, 9.17) is 0 Å². The number of hydrogen-bond donors (Lipinski definition) is 1. The first-order valence-corrected chi connectivity index (χ1v) is 11.2. The van der Waals surface area contributed by atoms with Gasteiger partial charge in [-0.2, -0.15) is 0 Å². The molecule has 0 radical (unpaired) electrons. The van der Waals surface area contributed by atoms with Gasteiger partial charge in [0, 0.05) is 11.7 Å². The fraction of sp³-hybridized carbons (Fsp3) is 0.423. The summed E-state index contributed by atoms with van der Waals surface area (Å²) in [6.45, 7) is 8.63. The minimum atomic E-state index is -1.40. The van der Waals surface area contributed by atoms with Crippen molar-refractivity contribution in [2.45, 2.75) is 59.2 Å². The zero-order valence-corrected chi connectivity index (χ0v) is 21.8. The number of anilines is 1. The molecule has 2 rings (SSSR count). The van der Waals surface area contributed by atoms with E-state index in [0.717, 1.165) is 16.0 Å². The molecule has 2 aromatic rings. The molecule has 0 aliphatic rings. The number of rotatable bonds is 11. The Kier molecular flexibility index (Phi) is 14.3. The molecule has 1 N–H and O–H groups in total. The van der Waals surface area contributed by atoms with Gasteiger partial charge in [-0.15, -0.1) is 0 Å². The average molecular weight is 466 g/mol. The molecule has 0 fully saturated rings. The first-order valence-electron chi connectivity index (χ1n) is 11.2. The van der Waals surface area contributed by atoms with Crippen LogP contribution in [0.5, 0.6) is 0 Å². The topological polar surface area (TPSA) is 113 Å². The van der Waals surface area contributed by atoms with Crippen LogP contribution in [-0.2, 0) is 14.4 Å². The third-order valence-electron chi connectivity index (χ3n) is 5.52. The molecule has 0 heterocycles. The maximum Gasteiger partial charge on any atom is 1.00 e. The third kappa shape index (κ3) is 9.19. The van der Waals surface area contributed by atoms with Crippen LogP contribution in [0, 0.1) is 11.8 Å². The number of nitrogens with zero attached hydrogens (tertiary/aromatic N) is 1. The van der Waals surface area contributed by atoms with Gasteiger partial charge >= 0.3 is 37.7 Å². The molecule has 1 amide bonds. The molecule has 9 heteroatoms. The summed E-state index contributed by atoms with van der Waals surface area (Å²) in [6, 6.07) is 13.4. The number of carboxylic acids is 2. The van der Waals surface area contributed by atoms with Gasteiger partial charge in [0.05, 0.1) is 24.0 Å². The van der Waals surface area contributed by atoms with Gasteiger partial charge in [-0.25, -0.2) is 0 Å². The second kappa shape index (κ2) is 15.2. The second-order valence-corrected chi connectivity index (χ2v) is 9.01. The average Bonchev–Trinajstić information content (AvgIpc) is 2.76. The molecule has 0 bridgehead atoms. The van der Waals surface area contributed by atoms with Crippen LogP contribution in [0.2, 0.25) is 0 Å². The summed E-state index contributed by atoms with van der Waals surface area (Å²) in [4.78, 5) is 38.2. The number of carbonyl (C=O) groups excluding carboxylic acids is 3. The van der Waals surface area contributed by atoms with Crippen LogP contribution in [0.25, 0.3) is 11.1 Å². The van der Waals surface area contributed by atoms with Crippen molar-refractivity contribution in [2.24, 2.45) is 11.8 Å². The molecule has 178 valence electrons. The van der Waals surface area contributed by atoms with Crippen LogP contribution >= 0.6 is 0 Å². The van der Waals surface area contributed by atoms with E-state index in [9.17, 15) is 24.6 Å². The molecule has 0 aromatic heterocycles. The van der Waals surface area contributed by atoms with E-state index >= 15 is 0 Å². The molecular weight excluding hydrogens is 434 g/mol. The fourth-order valence-corrected chi connectivity index (χ4v) is 3.72. The van der Waals surface area contributed by atoms with Gasteiger partial charge in [0.1, 0.15) is 0 Å². The van der Waals surface area contributed by atoms with Crippen molar-refractivity contribution >= 4 is 23.5 Å². The van der Waals surface area contributed by atoms with Crippen molar-refractivity contribution in [1.82, 2.24) is 5.32 Å². The van der Waals surface area contributed by atoms with Gasteiger partial charge in [-0.05, 0) is 48.4 Å². The maximum absolute atomic E-state index is 13.6. The Morgan fingerprint density at radius 1 is 0.800 bits per heavy atom. The zero-order chi connectivity index (χ0) is 24.7. The van der Waals surface area contributed by atoms with Crippen LogP contribution in [0.15, 0.2) is 54.6 Å². The van der Waals surface area contributed by atoms with Gasteiger partial charge in [-0.1, -0.05) is 70.2 Å². The number of aliphatic carboxylic acids is 2. The van der Waals surface area contributed by atoms with Crippen LogP contribution in [0.1, 0.15) is 41.0 Å². The Balaban J connectivity index is 0.00000578. The minimum absolute atomic E-state index is 0. The molecule has 0 unspecified atom stereocenters. The monoisotopic (exact) mass is 466 g/mol. The first-order chi connectivity index (χ1) is 15.5. The van der Waals surface area contributed by atoms with Crippen molar-refractivity contribution in [2.75, 3.05) is 4.90 Å². The molecule has 35 heavy (non-hydrogen) atoms. The zero-order valence-electron chi connectivity index (χ0n) is 21.8. The van der Waals surface area contributed by atoms with Crippen LogP contribution in [-0.4, -0.2) is 36.0 Å². The molecule has 0 saturated carbocycles. The number of carbonyl (C=O) groups is 3. The third-order valence-corrected chi connectivity index (χ3v) is 5.52. The molecule has 0 aliphatic heterocycles. The summed E-state index contributed by atoms with van der Waals surface area (Å²) in [5.41, 5.74) is 2.30. The second-order valence-electron chi connectivity index (χ2n) is 9.01. The predicted octanol–water partition coefficient (Wildman–Crippen LogP) is -4.39. The normalized spacial score (nSPS) is 13.2. The van der Waals surface area contributed by atoms with Gasteiger partial charge < -0.3 is 24.7 Å². The summed E-state index contributed by atoms with van der Waals surface area (Å²) in [6.07, 6.45) is 0.327. The Morgan fingerprint density at radius 3 is 1.74 bits per heavy atom. The smallest absolute Gasteiger partial charge is 0.548 e. The Bertz CT molecular complexity index is 952. The van der Waals surface area contributed by atoms with Crippen LogP contribution in [0.3, 0.4) is 0 Å². The Morgan fingerprint density at radius 2 is 1.31 bits per heavy atom. The number of hydrogen-bond acceptors (Lipinski definition) is 6.